The number of carbonyl (C=O) groups excluding carboxylic acids is 1. The molecule has 0 bridgehead atoms. The van der Waals surface area contributed by atoms with E-state index in [1.165, 1.54) is 23.4 Å². The van der Waals surface area contributed by atoms with Gasteiger partial charge >= 0.3 is 0 Å². The second-order valence-corrected chi connectivity index (χ2v) is 8.12. The fourth-order valence-corrected chi connectivity index (χ4v) is 3.49. The molecule has 1 fully saturated rings. The minimum absolute atomic E-state index is 0.0972. The Kier molecular flexibility index (Phi) is 4.86. The molecule has 2 aromatic rings. The highest BCUT2D eigenvalue weighted by molar-refractivity contribution is 8.05. The van der Waals surface area contributed by atoms with E-state index < -0.39 is 0 Å². The van der Waals surface area contributed by atoms with Gasteiger partial charge in [-0.3, -0.25) is 4.79 Å². The van der Waals surface area contributed by atoms with Crippen LogP contribution in [0.2, 0.25) is 0 Å². The highest BCUT2D eigenvalue weighted by Crippen LogP contribution is 2.31. The van der Waals surface area contributed by atoms with Crippen molar-refractivity contribution < 1.29 is 9.18 Å². The number of thioether (sulfide) groups is 1. The van der Waals surface area contributed by atoms with Gasteiger partial charge in [-0.1, -0.05) is 68.9 Å². The molecule has 3 rings (SSSR count). The van der Waals surface area contributed by atoms with Crippen LogP contribution in [0.25, 0.3) is 6.08 Å². The molecular weight excluding hydrogens is 335 g/mol. The summed E-state index contributed by atoms with van der Waals surface area (Å²) in [5.41, 5.74) is 2.30. The summed E-state index contributed by atoms with van der Waals surface area (Å²) in [6, 6.07) is 14.6. The Balaban J connectivity index is 1.72. The second-order valence-electron chi connectivity index (χ2n) is 6.98. The minimum atomic E-state index is -0.385. The first-order valence-electron chi connectivity index (χ1n) is 8.14. The monoisotopic (exact) mass is 356 g/mol. The molecule has 0 aromatic heterocycles. The molecule has 0 spiro atoms. The van der Waals surface area contributed by atoms with Gasteiger partial charge in [0.25, 0.3) is 5.91 Å². The topological polar surface area (TPSA) is 41.1 Å². The largest absolute Gasteiger partial charge is 0.354 e. The van der Waals surface area contributed by atoms with Crippen LogP contribution in [0.1, 0.15) is 31.9 Å². The summed E-state index contributed by atoms with van der Waals surface area (Å²) < 4.78 is 13.7. The standard InChI is InChI=1S/C20H21FN2OS/c1-20(2,3)14-10-8-13(9-11-14)12-17-18(24)23-19(25-17)22-16-7-5-4-6-15(16)21/h4-12,19,22H,1-3H3,(H,23,24)/b17-12-. The summed E-state index contributed by atoms with van der Waals surface area (Å²) in [5, 5.41) is 5.81. The van der Waals surface area contributed by atoms with E-state index in [1.54, 1.807) is 18.2 Å². The highest BCUT2D eigenvalue weighted by Gasteiger charge is 2.27. The molecule has 0 saturated carbocycles. The van der Waals surface area contributed by atoms with Gasteiger partial charge < -0.3 is 10.6 Å². The highest BCUT2D eigenvalue weighted by atomic mass is 32.2. The van der Waals surface area contributed by atoms with E-state index in [0.717, 1.165) is 5.56 Å². The van der Waals surface area contributed by atoms with Crippen molar-refractivity contribution in [3.05, 3.63) is 70.4 Å². The van der Waals surface area contributed by atoms with Crippen molar-refractivity contribution in [2.24, 2.45) is 0 Å². The van der Waals surface area contributed by atoms with Gasteiger partial charge in [0, 0.05) is 0 Å². The number of halogens is 1. The maximum Gasteiger partial charge on any atom is 0.260 e. The Morgan fingerprint density at radius 2 is 1.80 bits per heavy atom. The Hall–Kier alpha value is -2.27. The van der Waals surface area contributed by atoms with E-state index in [1.807, 2.05) is 18.2 Å². The van der Waals surface area contributed by atoms with Gasteiger partial charge in [-0.05, 0) is 34.8 Å². The van der Waals surface area contributed by atoms with Crippen molar-refractivity contribution in [2.75, 3.05) is 5.32 Å². The summed E-state index contributed by atoms with van der Waals surface area (Å²) in [7, 11) is 0. The number of rotatable bonds is 3. The van der Waals surface area contributed by atoms with Gasteiger partial charge in [-0.15, -0.1) is 0 Å². The van der Waals surface area contributed by atoms with Crippen LogP contribution >= 0.6 is 11.8 Å². The van der Waals surface area contributed by atoms with E-state index in [0.29, 0.717) is 10.6 Å². The fourth-order valence-electron chi connectivity index (χ4n) is 2.52. The van der Waals surface area contributed by atoms with Crippen LogP contribution in [0.5, 0.6) is 0 Å². The molecule has 25 heavy (non-hydrogen) atoms. The third kappa shape index (κ3) is 4.23. The zero-order valence-electron chi connectivity index (χ0n) is 14.5. The van der Waals surface area contributed by atoms with Crippen molar-refractivity contribution in [2.45, 2.75) is 31.7 Å². The predicted molar refractivity (Wildman–Crippen MR) is 103 cm³/mol. The van der Waals surface area contributed by atoms with Crippen molar-refractivity contribution >= 4 is 29.4 Å². The molecule has 1 aliphatic heterocycles. The molecule has 1 heterocycles. The number of benzene rings is 2. The minimum Gasteiger partial charge on any atom is -0.354 e. The van der Waals surface area contributed by atoms with E-state index in [-0.39, 0.29) is 22.6 Å². The van der Waals surface area contributed by atoms with Crippen LogP contribution in [0, 0.1) is 5.82 Å². The first-order valence-corrected chi connectivity index (χ1v) is 9.02. The van der Waals surface area contributed by atoms with Gasteiger partial charge in [0.05, 0.1) is 10.6 Å². The first kappa shape index (κ1) is 17.5. The lowest BCUT2D eigenvalue weighted by molar-refractivity contribution is -0.116. The lowest BCUT2D eigenvalue weighted by Gasteiger charge is -2.18. The number of nitrogens with one attached hydrogen (secondary N) is 2. The predicted octanol–water partition coefficient (Wildman–Crippen LogP) is 4.72. The second kappa shape index (κ2) is 6.92. The molecule has 2 aromatic carbocycles. The average Bonchev–Trinajstić information content (AvgIpc) is 2.89. The summed E-state index contributed by atoms with van der Waals surface area (Å²) >= 11 is 1.35. The Bertz CT molecular complexity index is 809. The maximum atomic E-state index is 13.7. The number of amides is 1. The molecule has 0 radical (unpaired) electrons. The third-order valence-corrected chi connectivity index (χ3v) is 4.99. The van der Waals surface area contributed by atoms with Gasteiger partial charge in [0.2, 0.25) is 0 Å². The summed E-state index contributed by atoms with van der Waals surface area (Å²) in [6.07, 6.45) is 1.86. The van der Waals surface area contributed by atoms with E-state index in [4.69, 9.17) is 0 Å². The molecule has 130 valence electrons. The molecule has 1 aliphatic rings. The molecule has 1 saturated heterocycles. The lowest BCUT2D eigenvalue weighted by Crippen LogP contribution is -2.31. The fraction of sp³-hybridized carbons (Fsp3) is 0.250. The molecule has 1 unspecified atom stereocenters. The molecule has 0 aliphatic carbocycles. The number of para-hydroxylation sites is 1. The van der Waals surface area contributed by atoms with Crippen molar-refractivity contribution in [3.63, 3.8) is 0 Å². The number of hydrogen-bond donors (Lipinski definition) is 2. The van der Waals surface area contributed by atoms with Crippen LogP contribution in [-0.4, -0.2) is 11.4 Å². The quantitative estimate of drug-likeness (QED) is 0.782. The SMILES string of the molecule is CC(C)(C)c1ccc(/C=C2\SC(Nc3ccccc3F)NC2=O)cc1. The normalized spacial score (nSPS) is 19.1. The molecule has 3 nitrogen and oxygen atoms in total. The third-order valence-electron chi connectivity index (χ3n) is 3.97. The van der Waals surface area contributed by atoms with E-state index in [9.17, 15) is 9.18 Å². The van der Waals surface area contributed by atoms with E-state index in [2.05, 4.69) is 43.5 Å². The van der Waals surface area contributed by atoms with Crippen LogP contribution in [0.3, 0.4) is 0 Å². The Labute approximate surface area is 151 Å². The lowest BCUT2D eigenvalue weighted by atomic mass is 9.87. The molecule has 1 amide bonds. The Morgan fingerprint density at radius 1 is 1.12 bits per heavy atom. The van der Waals surface area contributed by atoms with Crippen LogP contribution in [0.4, 0.5) is 10.1 Å². The maximum absolute atomic E-state index is 13.7. The summed E-state index contributed by atoms with van der Waals surface area (Å²) in [6.45, 7) is 6.50. The summed E-state index contributed by atoms with van der Waals surface area (Å²) in [4.78, 5) is 12.8. The molecular formula is C20H21FN2OS. The zero-order chi connectivity index (χ0) is 18.0. The van der Waals surface area contributed by atoms with Crippen LogP contribution in [-0.2, 0) is 10.2 Å². The average molecular weight is 356 g/mol. The Morgan fingerprint density at radius 3 is 2.44 bits per heavy atom. The first-order chi connectivity index (χ1) is 11.8. The number of anilines is 1. The molecule has 1 atom stereocenters. The van der Waals surface area contributed by atoms with Crippen molar-refractivity contribution in [1.82, 2.24) is 5.32 Å². The molecule has 2 N–H and O–H groups in total. The molecule has 5 heteroatoms. The van der Waals surface area contributed by atoms with Crippen molar-refractivity contribution in [1.29, 1.82) is 0 Å². The van der Waals surface area contributed by atoms with Gasteiger partial charge in [-0.25, -0.2) is 4.39 Å². The van der Waals surface area contributed by atoms with Gasteiger partial charge in [0.1, 0.15) is 5.82 Å². The number of carbonyl (C=O) groups is 1. The van der Waals surface area contributed by atoms with Crippen LogP contribution in [0.15, 0.2) is 53.4 Å². The number of hydrogen-bond acceptors (Lipinski definition) is 3. The van der Waals surface area contributed by atoms with Crippen molar-refractivity contribution in [3.8, 4) is 0 Å². The summed E-state index contributed by atoms with van der Waals surface area (Å²) in [5.74, 6) is -0.494. The zero-order valence-corrected chi connectivity index (χ0v) is 15.3. The smallest absolute Gasteiger partial charge is 0.260 e. The van der Waals surface area contributed by atoms with Gasteiger partial charge in [-0.2, -0.15) is 0 Å². The van der Waals surface area contributed by atoms with Gasteiger partial charge in [0.15, 0.2) is 5.50 Å². The van der Waals surface area contributed by atoms with E-state index >= 15 is 0 Å². The van der Waals surface area contributed by atoms with Crippen LogP contribution < -0.4 is 10.6 Å².